The molecular formula is C13H17N3O3S. The highest BCUT2D eigenvalue weighted by Gasteiger charge is 2.27. The zero-order chi connectivity index (χ0) is 14.6. The number of aryl methyl sites for hydroxylation is 1. The monoisotopic (exact) mass is 295 g/mol. The smallest absolute Gasteiger partial charge is 0.263 e. The molecule has 108 valence electrons. The molecule has 0 aromatic heterocycles. The minimum Gasteiger partial charge on any atom is -0.263 e. The van der Waals surface area contributed by atoms with Gasteiger partial charge in [-0.05, 0) is 43.9 Å². The van der Waals surface area contributed by atoms with Gasteiger partial charge in [-0.2, -0.15) is 8.42 Å². The molecule has 1 aliphatic rings. The van der Waals surface area contributed by atoms with Crippen molar-refractivity contribution in [3.63, 3.8) is 0 Å². The maximum atomic E-state index is 12.2. The fourth-order valence-corrected chi connectivity index (χ4v) is 3.44. The lowest BCUT2D eigenvalue weighted by molar-refractivity contribution is 0.151. The van der Waals surface area contributed by atoms with E-state index in [4.69, 9.17) is 9.71 Å². The zero-order valence-corrected chi connectivity index (χ0v) is 12.1. The van der Waals surface area contributed by atoms with Crippen LogP contribution in [0, 0.1) is 6.92 Å². The van der Waals surface area contributed by atoms with Crippen molar-refractivity contribution in [3.05, 3.63) is 40.3 Å². The Bertz CT molecular complexity index is 606. The molecule has 2 rings (SSSR count). The Morgan fingerprint density at radius 2 is 2.00 bits per heavy atom. The molecule has 1 saturated carbocycles. The molecule has 0 heterocycles. The van der Waals surface area contributed by atoms with E-state index in [0.29, 0.717) is 12.8 Å². The van der Waals surface area contributed by atoms with Crippen molar-refractivity contribution in [1.82, 2.24) is 0 Å². The number of hydrogen-bond donors (Lipinski definition) is 0. The average molecular weight is 295 g/mol. The lowest BCUT2D eigenvalue weighted by Gasteiger charge is -2.25. The van der Waals surface area contributed by atoms with Crippen molar-refractivity contribution in [2.75, 3.05) is 0 Å². The number of nitrogens with zero attached hydrogens (tertiary/aromatic N) is 3. The SMILES string of the molecule is Cc1ccc(S(=O)(=O)OC2CCCC(N=[N+]=[N-])C2)cc1. The van der Waals surface area contributed by atoms with Crippen LogP contribution in [-0.2, 0) is 14.3 Å². The van der Waals surface area contributed by atoms with Gasteiger partial charge in [0, 0.05) is 11.0 Å². The van der Waals surface area contributed by atoms with Crippen LogP contribution in [0.15, 0.2) is 34.3 Å². The molecule has 0 spiro atoms. The van der Waals surface area contributed by atoms with Crippen LogP contribution in [-0.4, -0.2) is 20.6 Å². The van der Waals surface area contributed by atoms with E-state index in [2.05, 4.69) is 10.0 Å². The fraction of sp³-hybridized carbons (Fsp3) is 0.538. The second kappa shape index (κ2) is 6.26. The van der Waals surface area contributed by atoms with Crippen LogP contribution in [0.4, 0.5) is 0 Å². The maximum Gasteiger partial charge on any atom is 0.297 e. The molecule has 0 amide bonds. The van der Waals surface area contributed by atoms with Crippen molar-refractivity contribution in [2.45, 2.75) is 49.6 Å². The minimum absolute atomic E-state index is 0.161. The molecule has 1 aliphatic carbocycles. The Labute approximate surface area is 118 Å². The van der Waals surface area contributed by atoms with E-state index in [1.165, 1.54) is 0 Å². The van der Waals surface area contributed by atoms with Crippen LogP contribution in [0.3, 0.4) is 0 Å². The van der Waals surface area contributed by atoms with Gasteiger partial charge in [-0.3, -0.25) is 4.18 Å². The number of hydrogen-bond acceptors (Lipinski definition) is 4. The highest BCUT2D eigenvalue weighted by atomic mass is 32.2. The lowest BCUT2D eigenvalue weighted by Crippen LogP contribution is -2.27. The van der Waals surface area contributed by atoms with Crippen molar-refractivity contribution in [3.8, 4) is 0 Å². The largest absolute Gasteiger partial charge is 0.297 e. The van der Waals surface area contributed by atoms with Crippen LogP contribution in [0.1, 0.15) is 31.2 Å². The van der Waals surface area contributed by atoms with Gasteiger partial charge in [0.1, 0.15) is 0 Å². The Kier molecular flexibility index (Phi) is 4.65. The highest BCUT2D eigenvalue weighted by Crippen LogP contribution is 2.27. The molecule has 0 aliphatic heterocycles. The first-order chi connectivity index (χ1) is 9.51. The normalized spacial score (nSPS) is 23.1. The fourth-order valence-electron chi connectivity index (χ4n) is 2.33. The van der Waals surface area contributed by atoms with Gasteiger partial charge in [-0.25, -0.2) is 0 Å². The quantitative estimate of drug-likeness (QED) is 0.369. The first kappa shape index (κ1) is 14.8. The van der Waals surface area contributed by atoms with E-state index < -0.39 is 16.2 Å². The minimum atomic E-state index is -3.75. The molecule has 7 heteroatoms. The van der Waals surface area contributed by atoms with E-state index in [-0.39, 0.29) is 10.9 Å². The molecule has 0 bridgehead atoms. The molecule has 0 radical (unpaired) electrons. The van der Waals surface area contributed by atoms with Crippen molar-refractivity contribution >= 4 is 10.1 Å². The zero-order valence-electron chi connectivity index (χ0n) is 11.3. The van der Waals surface area contributed by atoms with Crippen LogP contribution in [0.25, 0.3) is 10.4 Å². The highest BCUT2D eigenvalue weighted by molar-refractivity contribution is 7.86. The summed E-state index contributed by atoms with van der Waals surface area (Å²) >= 11 is 0. The number of benzene rings is 1. The predicted octanol–water partition coefficient (Wildman–Crippen LogP) is 3.32. The first-order valence-corrected chi connectivity index (χ1v) is 7.96. The third-order valence-corrected chi connectivity index (χ3v) is 4.76. The molecule has 2 unspecified atom stereocenters. The van der Waals surface area contributed by atoms with E-state index in [9.17, 15) is 8.42 Å². The van der Waals surface area contributed by atoms with Gasteiger partial charge in [0.25, 0.3) is 10.1 Å². The second-order valence-electron chi connectivity index (χ2n) is 5.01. The van der Waals surface area contributed by atoms with Crippen molar-refractivity contribution in [1.29, 1.82) is 0 Å². The molecule has 2 atom stereocenters. The summed E-state index contributed by atoms with van der Waals surface area (Å²) < 4.78 is 29.6. The van der Waals surface area contributed by atoms with Gasteiger partial charge in [0.15, 0.2) is 0 Å². The molecular weight excluding hydrogens is 278 g/mol. The summed E-state index contributed by atoms with van der Waals surface area (Å²) in [6.07, 6.45) is 2.30. The van der Waals surface area contributed by atoms with Gasteiger partial charge in [-0.1, -0.05) is 29.2 Å². The molecule has 6 nitrogen and oxygen atoms in total. The van der Waals surface area contributed by atoms with E-state index in [1.54, 1.807) is 24.3 Å². The first-order valence-electron chi connectivity index (χ1n) is 6.55. The lowest BCUT2D eigenvalue weighted by atomic mass is 9.94. The third-order valence-electron chi connectivity index (χ3n) is 3.39. The van der Waals surface area contributed by atoms with E-state index in [0.717, 1.165) is 18.4 Å². The van der Waals surface area contributed by atoms with E-state index >= 15 is 0 Å². The standard InChI is InChI=1S/C13H17N3O3S/c1-10-5-7-13(8-6-10)20(17,18)19-12-4-2-3-11(9-12)15-16-14/h5-8,11-12H,2-4,9H2,1H3. The number of rotatable bonds is 4. The summed E-state index contributed by atoms with van der Waals surface area (Å²) in [6, 6.07) is 6.38. The average Bonchev–Trinajstić information content (AvgIpc) is 2.39. The summed E-state index contributed by atoms with van der Waals surface area (Å²) in [4.78, 5) is 2.94. The van der Waals surface area contributed by atoms with Crippen LogP contribution in [0.2, 0.25) is 0 Å². The summed E-state index contributed by atoms with van der Waals surface area (Å²) in [5.74, 6) is 0. The van der Waals surface area contributed by atoms with Crippen LogP contribution < -0.4 is 0 Å². The van der Waals surface area contributed by atoms with Crippen LogP contribution >= 0.6 is 0 Å². The van der Waals surface area contributed by atoms with Gasteiger partial charge in [0.05, 0.1) is 11.0 Å². The Hall–Kier alpha value is -1.56. The van der Waals surface area contributed by atoms with Crippen molar-refractivity contribution in [2.24, 2.45) is 5.11 Å². The summed E-state index contributed by atoms with van der Waals surface area (Å²) in [7, 11) is -3.75. The Balaban J connectivity index is 2.08. The van der Waals surface area contributed by atoms with Gasteiger partial charge >= 0.3 is 0 Å². The Morgan fingerprint density at radius 3 is 2.65 bits per heavy atom. The molecule has 20 heavy (non-hydrogen) atoms. The number of azide groups is 1. The Morgan fingerprint density at radius 1 is 1.30 bits per heavy atom. The molecule has 1 aromatic carbocycles. The van der Waals surface area contributed by atoms with Gasteiger partial charge in [-0.15, -0.1) is 0 Å². The topological polar surface area (TPSA) is 92.1 Å². The summed E-state index contributed by atoms with van der Waals surface area (Å²) in [6.45, 7) is 1.89. The van der Waals surface area contributed by atoms with Crippen LogP contribution in [0.5, 0.6) is 0 Å². The second-order valence-corrected chi connectivity index (χ2v) is 6.58. The maximum absolute atomic E-state index is 12.2. The van der Waals surface area contributed by atoms with E-state index in [1.807, 2.05) is 6.92 Å². The van der Waals surface area contributed by atoms with Crippen molar-refractivity contribution < 1.29 is 12.6 Å². The molecule has 1 aromatic rings. The molecule has 1 fully saturated rings. The predicted molar refractivity (Wildman–Crippen MR) is 74.6 cm³/mol. The van der Waals surface area contributed by atoms with Gasteiger partial charge in [0.2, 0.25) is 0 Å². The van der Waals surface area contributed by atoms with Gasteiger partial charge < -0.3 is 0 Å². The summed E-state index contributed by atoms with van der Waals surface area (Å²) in [5, 5.41) is 3.65. The third kappa shape index (κ3) is 3.72. The molecule has 0 saturated heterocycles. The molecule has 0 N–H and O–H groups in total. The summed E-state index contributed by atoms with van der Waals surface area (Å²) in [5.41, 5.74) is 9.43.